The first-order valence-electron chi connectivity index (χ1n) is 8.65. The van der Waals surface area contributed by atoms with E-state index in [1.165, 1.54) is 11.8 Å². The van der Waals surface area contributed by atoms with Crippen LogP contribution in [0.15, 0.2) is 52.3 Å². The van der Waals surface area contributed by atoms with Gasteiger partial charge < -0.3 is 14.6 Å². The molecule has 1 fully saturated rings. The van der Waals surface area contributed by atoms with Gasteiger partial charge in [0.15, 0.2) is 10.9 Å². The molecule has 1 atom stereocenters. The number of carbonyl (C=O) groups excluding carboxylic acids is 1. The summed E-state index contributed by atoms with van der Waals surface area (Å²) in [7, 11) is 0. The zero-order valence-electron chi connectivity index (χ0n) is 14.9. The standard InChI is InChI=1S/C19H20N4O2S.ClH/c1-13-11-23(10-9-20-13)18(24)17-15(12-26-19-21-7-4-8-22-19)14-5-2-3-6-16(14)25-17;/h2-8,13,20H,9-12H2,1H3;1H/t13-;/m1./s1. The van der Waals surface area contributed by atoms with E-state index in [0.717, 1.165) is 23.1 Å². The first-order valence-corrected chi connectivity index (χ1v) is 9.64. The van der Waals surface area contributed by atoms with Gasteiger partial charge in [-0.25, -0.2) is 9.97 Å². The van der Waals surface area contributed by atoms with Crippen LogP contribution in [0, 0.1) is 0 Å². The predicted molar refractivity (Wildman–Crippen MR) is 108 cm³/mol. The zero-order valence-corrected chi connectivity index (χ0v) is 16.6. The molecule has 2 aromatic heterocycles. The van der Waals surface area contributed by atoms with Crippen molar-refractivity contribution in [1.82, 2.24) is 20.2 Å². The number of rotatable bonds is 4. The fourth-order valence-corrected chi connectivity index (χ4v) is 4.00. The lowest BCUT2D eigenvalue weighted by molar-refractivity contribution is 0.0678. The predicted octanol–water partition coefficient (Wildman–Crippen LogP) is 3.37. The second-order valence-corrected chi connectivity index (χ2v) is 7.27. The molecule has 0 aliphatic carbocycles. The van der Waals surface area contributed by atoms with Crippen LogP contribution in [0.1, 0.15) is 23.0 Å². The van der Waals surface area contributed by atoms with E-state index >= 15 is 0 Å². The molecule has 4 rings (SSSR count). The number of hydrogen-bond donors (Lipinski definition) is 1. The maximum Gasteiger partial charge on any atom is 0.290 e. The summed E-state index contributed by atoms with van der Waals surface area (Å²) in [5, 5.41) is 5.02. The van der Waals surface area contributed by atoms with Crippen molar-refractivity contribution in [1.29, 1.82) is 0 Å². The number of furan rings is 1. The monoisotopic (exact) mass is 404 g/mol. The third kappa shape index (κ3) is 4.26. The van der Waals surface area contributed by atoms with Crippen LogP contribution in [0.4, 0.5) is 0 Å². The van der Waals surface area contributed by atoms with Gasteiger partial charge in [-0.05, 0) is 19.1 Å². The van der Waals surface area contributed by atoms with Crippen LogP contribution in [-0.4, -0.2) is 46.5 Å². The first-order chi connectivity index (χ1) is 12.7. The van der Waals surface area contributed by atoms with Crippen molar-refractivity contribution in [3.63, 3.8) is 0 Å². The Bertz CT molecular complexity index is 918. The Kier molecular flexibility index (Phi) is 6.36. The molecule has 1 aliphatic rings. The minimum atomic E-state index is -0.0425. The van der Waals surface area contributed by atoms with E-state index < -0.39 is 0 Å². The molecule has 1 N–H and O–H groups in total. The summed E-state index contributed by atoms with van der Waals surface area (Å²) in [5.41, 5.74) is 1.65. The quantitative estimate of drug-likeness (QED) is 0.531. The zero-order chi connectivity index (χ0) is 17.9. The lowest BCUT2D eigenvalue weighted by atomic mass is 10.1. The summed E-state index contributed by atoms with van der Waals surface area (Å²) in [6, 6.07) is 9.86. The van der Waals surface area contributed by atoms with Crippen LogP contribution in [0.25, 0.3) is 11.0 Å². The second-order valence-electron chi connectivity index (χ2n) is 6.33. The third-order valence-corrected chi connectivity index (χ3v) is 5.34. The number of halogens is 1. The summed E-state index contributed by atoms with van der Waals surface area (Å²) in [5.74, 6) is 0.979. The van der Waals surface area contributed by atoms with Crippen LogP contribution in [-0.2, 0) is 5.75 Å². The van der Waals surface area contributed by atoms with Crippen molar-refractivity contribution < 1.29 is 9.21 Å². The van der Waals surface area contributed by atoms with E-state index in [1.807, 2.05) is 29.2 Å². The SMILES string of the molecule is C[C@@H]1CN(C(=O)c2oc3ccccc3c2CSc2ncccn2)CCN1.Cl. The van der Waals surface area contributed by atoms with Gasteiger partial charge in [0, 0.05) is 54.8 Å². The van der Waals surface area contributed by atoms with E-state index in [0.29, 0.717) is 29.8 Å². The number of nitrogens with zero attached hydrogens (tertiary/aromatic N) is 3. The van der Waals surface area contributed by atoms with E-state index in [-0.39, 0.29) is 24.4 Å². The Morgan fingerprint density at radius 1 is 1.30 bits per heavy atom. The van der Waals surface area contributed by atoms with E-state index in [2.05, 4.69) is 22.2 Å². The molecule has 3 heterocycles. The van der Waals surface area contributed by atoms with Crippen molar-refractivity contribution >= 4 is 41.0 Å². The Morgan fingerprint density at radius 3 is 2.85 bits per heavy atom. The number of fused-ring (bicyclic) bond motifs is 1. The molecule has 8 heteroatoms. The number of aromatic nitrogens is 2. The third-order valence-electron chi connectivity index (χ3n) is 4.44. The van der Waals surface area contributed by atoms with Gasteiger partial charge in [-0.1, -0.05) is 30.0 Å². The fraction of sp³-hybridized carbons (Fsp3) is 0.316. The van der Waals surface area contributed by atoms with E-state index in [4.69, 9.17) is 4.42 Å². The molecule has 0 saturated carbocycles. The smallest absolute Gasteiger partial charge is 0.290 e. The molecule has 0 bridgehead atoms. The minimum Gasteiger partial charge on any atom is -0.451 e. The van der Waals surface area contributed by atoms with Gasteiger partial charge in [0.1, 0.15) is 5.58 Å². The van der Waals surface area contributed by atoms with Gasteiger partial charge in [-0.15, -0.1) is 12.4 Å². The number of para-hydroxylation sites is 1. The molecule has 6 nitrogen and oxygen atoms in total. The Balaban J connectivity index is 0.00000210. The molecule has 1 aliphatic heterocycles. The van der Waals surface area contributed by atoms with Crippen molar-refractivity contribution in [3.8, 4) is 0 Å². The number of nitrogens with one attached hydrogen (secondary N) is 1. The van der Waals surface area contributed by atoms with Crippen LogP contribution >= 0.6 is 24.2 Å². The minimum absolute atomic E-state index is 0. The fourth-order valence-electron chi connectivity index (χ4n) is 3.17. The molecule has 0 spiro atoms. The molecule has 1 saturated heterocycles. The maximum atomic E-state index is 13.1. The Morgan fingerprint density at radius 2 is 2.07 bits per heavy atom. The van der Waals surface area contributed by atoms with Crippen LogP contribution in [0.3, 0.4) is 0 Å². The molecular weight excluding hydrogens is 384 g/mol. The average molecular weight is 405 g/mol. The van der Waals surface area contributed by atoms with Crippen LogP contribution < -0.4 is 5.32 Å². The van der Waals surface area contributed by atoms with Crippen LogP contribution in [0.5, 0.6) is 0 Å². The molecule has 142 valence electrons. The van der Waals surface area contributed by atoms with Gasteiger partial charge >= 0.3 is 0 Å². The largest absolute Gasteiger partial charge is 0.451 e. The van der Waals surface area contributed by atoms with Gasteiger partial charge in [-0.2, -0.15) is 0 Å². The highest BCUT2D eigenvalue weighted by molar-refractivity contribution is 7.98. The molecule has 3 aromatic rings. The molecular formula is C19H21ClN4O2S. The van der Waals surface area contributed by atoms with E-state index in [9.17, 15) is 4.79 Å². The van der Waals surface area contributed by atoms with Gasteiger partial charge in [0.2, 0.25) is 0 Å². The summed E-state index contributed by atoms with van der Waals surface area (Å²) in [6.07, 6.45) is 3.44. The van der Waals surface area contributed by atoms with Gasteiger partial charge in [0.25, 0.3) is 5.91 Å². The molecule has 0 unspecified atom stereocenters. The lowest BCUT2D eigenvalue weighted by Gasteiger charge is -2.31. The van der Waals surface area contributed by atoms with Crippen molar-refractivity contribution in [3.05, 3.63) is 54.0 Å². The number of hydrogen-bond acceptors (Lipinski definition) is 6. The van der Waals surface area contributed by atoms with Crippen molar-refractivity contribution in [2.24, 2.45) is 0 Å². The average Bonchev–Trinajstić information content (AvgIpc) is 3.05. The van der Waals surface area contributed by atoms with Crippen LogP contribution in [0.2, 0.25) is 0 Å². The highest BCUT2D eigenvalue weighted by atomic mass is 35.5. The first kappa shape index (κ1) is 19.7. The summed E-state index contributed by atoms with van der Waals surface area (Å²) >= 11 is 1.51. The summed E-state index contributed by atoms with van der Waals surface area (Å²) in [4.78, 5) is 23.5. The van der Waals surface area contributed by atoms with Crippen molar-refractivity contribution in [2.75, 3.05) is 19.6 Å². The highest BCUT2D eigenvalue weighted by Crippen LogP contribution is 2.31. The second kappa shape index (κ2) is 8.73. The maximum absolute atomic E-state index is 13.1. The highest BCUT2D eigenvalue weighted by Gasteiger charge is 2.28. The topological polar surface area (TPSA) is 71.3 Å². The van der Waals surface area contributed by atoms with Gasteiger partial charge in [-0.3, -0.25) is 4.79 Å². The van der Waals surface area contributed by atoms with Gasteiger partial charge in [0.05, 0.1) is 0 Å². The molecule has 1 aromatic carbocycles. The number of carbonyl (C=O) groups is 1. The summed E-state index contributed by atoms with van der Waals surface area (Å²) in [6.45, 7) is 4.26. The number of amides is 1. The summed E-state index contributed by atoms with van der Waals surface area (Å²) < 4.78 is 5.97. The Labute approximate surface area is 168 Å². The Hall–Kier alpha value is -2.09. The number of benzene rings is 1. The number of thioether (sulfide) groups is 1. The normalized spacial score (nSPS) is 16.9. The lowest BCUT2D eigenvalue weighted by Crippen LogP contribution is -2.51. The van der Waals surface area contributed by atoms with E-state index in [1.54, 1.807) is 18.5 Å². The molecule has 1 amide bonds. The molecule has 0 radical (unpaired) electrons. The molecule has 27 heavy (non-hydrogen) atoms. The van der Waals surface area contributed by atoms with Crippen molar-refractivity contribution in [2.45, 2.75) is 23.9 Å². The number of piperazine rings is 1.